The number of rotatable bonds is 8. The highest BCUT2D eigenvalue weighted by molar-refractivity contribution is 9.10. The Kier molecular flexibility index (Phi) is 8.43. The third-order valence-electron chi connectivity index (χ3n) is 2.91. The molecule has 0 bridgehead atoms. The second-order valence-corrected chi connectivity index (χ2v) is 7.19. The lowest BCUT2D eigenvalue weighted by molar-refractivity contribution is -0.118. The molecule has 5 N–H and O–H groups in total. The minimum atomic E-state index is -0.950. The van der Waals surface area contributed by atoms with Crippen molar-refractivity contribution in [1.29, 1.82) is 0 Å². The van der Waals surface area contributed by atoms with Crippen molar-refractivity contribution in [3.05, 3.63) is 33.9 Å². The lowest BCUT2D eigenvalue weighted by Crippen LogP contribution is -2.28. The Morgan fingerprint density at radius 1 is 1.41 bits per heavy atom. The van der Waals surface area contributed by atoms with Crippen LogP contribution in [-0.4, -0.2) is 45.3 Å². The number of aliphatic imine (C=N–C) groups is 1. The summed E-state index contributed by atoms with van der Waals surface area (Å²) in [5.41, 5.74) is 1.57. The Bertz CT molecular complexity index is 838. The van der Waals surface area contributed by atoms with E-state index < -0.39 is 11.6 Å². The standard InChI is InChI=1S/C13H13BrF2N6O3S2/c14-9-6(15)1-2-7(10(9)16)19-12(20-24)11-13(22-25-21-11)26-4-3-18-8(23)5-27-17/h1-2,24H,3-5,17H2,(H,18,23)(H,19,20). The van der Waals surface area contributed by atoms with Crippen molar-refractivity contribution in [3.8, 4) is 0 Å². The minimum absolute atomic E-state index is 0.0196. The molecule has 0 aliphatic carbocycles. The predicted molar refractivity (Wildman–Crippen MR) is 99.9 cm³/mol. The molecule has 1 aromatic heterocycles. The molecule has 0 aliphatic heterocycles. The van der Waals surface area contributed by atoms with Gasteiger partial charge in [-0.05, 0) is 38.4 Å². The van der Waals surface area contributed by atoms with Crippen LogP contribution in [0.4, 0.5) is 14.5 Å². The number of amidine groups is 1. The largest absolute Gasteiger partial charge is 0.355 e. The Labute approximate surface area is 168 Å². The van der Waals surface area contributed by atoms with Gasteiger partial charge in [-0.1, -0.05) is 23.7 Å². The Hall–Kier alpha value is -1.74. The molecule has 0 saturated carbocycles. The maximum atomic E-state index is 14.1. The fourth-order valence-corrected chi connectivity index (χ4v) is 3.08. The van der Waals surface area contributed by atoms with Crippen LogP contribution in [0.1, 0.15) is 5.69 Å². The maximum Gasteiger partial charge on any atom is 0.231 e. The molecule has 0 fully saturated rings. The van der Waals surface area contributed by atoms with E-state index in [0.29, 0.717) is 12.3 Å². The third-order valence-corrected chi connectivity index (χ3v) is 5.02. The average Bonchev–Trinajstić information content (AvgIpc) is 3.11. The lowest BCUT2D eigenvalue weighted by atomic mass is 10.3. The quantitative estimate of drug-likeness (QED) is 0.0845. The van der Waals surface area contributed by atoms with Crippen molar-refractivity contribution in [2.45, 2.75) is 5.03 Å². The number of hydroxylamine groups is 1. The summed E-state index contributed by atoms with van der Waals surface area (Å²) < 4.78 is 31.6. The number of amides is 1. The van der Waals surface area contributed by atoms with Crippen LogP contribution < -0.4 is 15.9 Å². The van der Waals surface area contributed by atoms with Gasteiger partial charge in [-0.3, -0.25) is 20.6 Å². The minimum Gasteiger partial charge on any atom is -0.355 e. The summed E-state index contributed by atoms with van der Waals surface area (Å²) in [4.78, 5) is 15.2. The van der Waals surface area contributed by atoms with Gasteiger partial charge in [-0.15, -0.1) is 0 Å². The molecule has 1 amide bonds. The molecule has 27 heavy (non-hydrogen) atoms. The highest BCUT2D eigenvalue weighted by Gasteiger charge is 2.19. The number of thioether (sulfide) groups is 1. The first-order chi connectivity index (χ1) is 13.0. The number of nitrogens with two attached hydrogens (primary N) is 1. The molecule has 0 spiro atoms. The van der Waals surface area contributed by atoms with Gasteiger partial charge in [0.15, 0.2) is 22.4 Å². The van der Waals surface area contributed by atoms with Crippen LogP contribution in [0.3, 0.4) is 0 Å². The molecule has 1 aromatic carbocycles. The van der Waals surface area contributed by atoms with E-state index in [1.54, 1.807) is 5.48 Å². The van der Waals surface area contributed by atoms with E-state index >= 15 is 0 Å². The van der Waals surface area contributed by atoms with E-state index in [4.69, 9.17) is 5.14 Å². The number of carbonyl (C=O) groups excluding carboxylic acids is 1. The molecule has 1 heterocycles. The lowest BCUT2D eigenvalue weighted by Gasteiger charge is -2.05. The van der Waals surface area contributed by atoms with Gasteiger partial charge in [0.2, 0.25) is 5.91 Å². The summed E-state index contributed by atoms with van der Waals surface area (Å²) in [5.74, 6) is -1.64. The summed E-state index contributed by atoms with van der Waals surface area (Å²) in [6, 6.07) is 2.11. The average molecular weight is 483 g/mol. The first-order valence-electron chi connectivity index (χ1n) is 7.14. The molecular formula is C13H13BrF2N6O3S2. The van der Waals surface area contributed by atoms with Crippen molar-refractivity contribution in [2.24, 2.45) is 10.1 Å². The first-order valence-corrected chi connectivity index (χ1v) is 9.97. The molecule has 0 unspecified atom stereocenters. The van der Waals surface area contributed by atoms with E-state index in [2.05, 4.69) is 41.2 Å². The number of aromatic nitrogens is 2. The maximum absolute atomic E-state index is 14.1. The normalized spacial score (nSPS) is 11.5. The molecule has 2 rings (SSSR count). The van der Waals surface area contributed by atoms with Crippen LogP contribution in [0.5, 0.6) is 0 Å². The zero-order chi connectivity index (χ0) is 19.8. The topological polar surface area (TPSA) is 139 Å². The molecule has 146 valence electrons. The van der Waals surface area contributed by atoms with Gasteiger partial charge in [-0.25, -0.2) is 18.4 Å². The van der Waals surface area contributed by atoms with Crippen molar-refractivity contribution < 1.29 is 23.4 Å². The van der Waals surface area contributed by atoms with Crippen molar-refractivity contribution >= 4 is 57.1 Å². The molecule has 14 heteroatoms. The first kappa shape index (κ1) is 21.6. The van der Waals surface area contributed by atoms with Gasteiger partial charge < -0.3 is 5.32 Å². The Morgan fingerprint density at radius 3 is 2.89 bits per heavy atom. The van der Waals surface area contributed by atoms with E-state index in [-0.39, 0.29) is 38.4 Å². The SMILES string of the molecule is NSCC(=O)NCCSc1nonc1C(=Nc1ccc(F)c(Br)c1F)NO. The number of carbonyl (C=O) groups is 1. The van der Waals surface area contributed by atoms with Gasteiger partial charge in [0.05, 0.1) is 10.2 Å². The third kappa shape index (κ3) is 5.87. The van der Waals surface area contributed by atoms with Gasteiger partial charge in [0, 0.05) is 12.3 Å². The fraction of sp³-hybridized carbons (Fsp3) is 0.231. The molecule has 9 nitrogen and oxygen atoms in total. The second kappa shape index (κ2) is 10.6. The predicted octanol–water partition coefficient (Wildman–Crippen LogP) is 1.98. The van der Waals surface area contributed by atoms with E-state index in [1.165, 1.54) is 0 Å². The summed E-state index contributed by atoms with van der Waals surface area (Å²) in [7, 11) is 0. The van der Waals surface area contributed by atoms with Crippen LogP contribution in [0.2, 0.25) is 0 Å². The molecule has 2 aromatic rings. The second-order valence-electron chi connectivity index (χ2n) is 4.69. The van der Waals surface area contributed by atoms with Crippen LogP contribution >= 0.6 is 39.6 Å². The van der Waals surface area contributed by atoms with Crippen LogP contribution in [-0.2, 0) is 4.79 Å². The molecule has 0 saturated heterocycles. The van der Waals surface area contributed by atoms with Crippen molar-refractivity contribution in [2.75, 3.05) is 18.1 Å². The van der Waals surface area contributed by atoms with Crippen molar-refractivity contribution in [1.82, 2.24) is 21.1 Å². The number of nitrogens with one attached hydrogen (secondary N) is 2. The Balaban J connectivity index is 2.12. The molecule has 0 atom stereocenters. The number of hydrogen-bond acceptors (Lipinski definition) is 9. The molecule has 0 radical (unpaired) electrons. The summed E-state index contributed by atoms with van der Waals surface area (Å²) >= 11 is 4.85. The van der Waals surface area contributed by atoms with Gasteiger partial charge in [0.25, 0.3) is 0 Å². The zero-order valence-corrected chi connectivity index (χ0v) is 16.6. The fourth-order valence-electron chi connectivity index (χ4n) is 1.74. The van der Waals surface area contributed by atoms with Crippen LogP contribution in [0.15, 0.2) is 31.3 Å². The summed E-state index contributed by atoms with van der Waals surface area (Å²) in [6.07, 6.45) is 0. The van der Waals surface area contributed by atoms with E-state index in [1.807, 2.05) is 0 Å². The number of halogens is 3. The van der Waals surface area contributed by atoms with Gasteiger partial charge in [-0.2, -0.15) is 0 Å². The van der Waals surface area contributed by atoms with Crippen molar-refractivity contribution in [3.63, 3.8) is 0 Å². The molecular weight excluding hydrogens is 470 g/mol. The molecule has 0 aliphatic rings. The number of hydrogen-bond donors (Lipinski definition) is 4. The zero-order valence-electron chi connectivity index (χ0n) is 13.4. The highest BCUT2D eigenvalue weighted by Crippen LogP contribution is 2.29. The number of benzene rings is 1. The monoisotopic (exact) mass is 482 g/mol. The Morgan fingerprint density at radius 2 is 2.19 bits per heavy atom. The van der Waals surface area contributed by atoms with Gasteiger partial charge in [0.1, 0.15) is 11.5 Å². The van der Waals surface area contributed by atoms with E-state index in [9.17, 15) is 18.8 Å². The van der Waals surface area contributed by atoms with E-state index in [0.717, 1.165) is 35.8 Å². The highest BCUT2D eigenvalue weighted by atomic mass is 79.9. The summed E-state index contributed by atoms with van der Waals surface area (Å²) in [6.45, 7) is 0.328. The van der Waals surface area contributed by atoms with Gasteiger partial charge >= 0.3 is 0 Å². The van der Waals surface area contributed by atoms with Crippen LogP contribution in [0, 0.1) is 11.6 Å². The summed E-state index contributed by atoms with van der Waals surface area (Å²) in [5, 5.41) is 24.7. The number of nitrogens with zero attached hydrogens (tertiary/aromatic N) is 3. The smallest absolute Gasteiger partial charge is 0.231 e. The van der Waals surface area contributed by atoms with Crippen LogP contribution in [0.25, 0.3) is 0 Å².